The van der Waals surface area contributed by atoms with Gasteiger partial charge in [0, 0.05) is 18.7 Å². The summed E-state index contributed by atoms with van der Waals surface area (Å²) in [6.07, 6.45) is 2.21. The van der Waals surface area contributed by atoms with E-state index in [0.29, 0.717) is 11.3 Å². The Morgan fingerprint density at radius 1 is 1.55 bits per heavy atom. The molecule has 1 aromatic carbocycles. The summed E-state index contributed by atoms with van der Waals surface area (Å²) in [6.45, 7) is 2.02. The largest absolute Gasteiger partial charge is 0.489 e. The third-order valence-electron chi connectivity index (χ3n) is 3.70. The van der Waals surface area contributed by atoms with E-state index in [1.54, 1.807) is 6.07 Å². The number of carbonyl (C=O) groups is 1. The average molecular weight is 278 g/mol. The van der Waals surface area contributed by atoms with Gasteiger partial charge < -0.3 is 20.5 Å². The summed E-state index contributed by atoms with van der Waals surface area (Å²) >= 11 is 0. The Morgan fingerprint density at radius 3 is 2.95 bits per heavy atom. The number of nitrogens with two attached hydrogens (primary N) is 1. The van der Waals surface area contributed by atoms with Crippen LogP contribution in [0.5, 0.6) is 5.75 Å². The Hall–Kier alpha value is -1.59. The summed E-state index contributed by atoms with van der Waals surface area (Å²) < 4.78 is 6.03. The number of carboxylic acid groups (broad SMARTS) is 1. The molecule has 5 heteroatoms. The van der Waals surface area contributed by atoms with Crippen LogP contribution in [0.3, 0.4) is 0 Å². The SMILES string of the molecule is CN1CCCC(Oc2ccccc2C(CN)C(=O)O)C1. The summed E-state index contributed by atoms with van der Waals surface area (Å²) in [6, 6.07) is 7.30. The van der Waals surface area contributed by atoms with Crippen LogP contribution in [-0.2, 0) is 4.79 Å². The van der Waals surface area contributed by atoms with E-state index in [-0.39, 0.29) is 12.6 Å². The van der Waals surface area contributed by atoms with Gasteiger partial charge >= 0.3 is 5.97 Å². The van der Waals surface area contributed by atoms with E-state index in [1.807, 2.05) is 18.2 Å². The zero-order valence-corrected chi connectivity index (χ0v) is 11.8. The molecule has 2 unspecified atom stereocenters. The fraction of sp³-hybridized carbons (Fsp3) is 0.533. The summed E-state index contributed by atoms with van der Waals surface area (Å²) in [5.74, 6) is -0.984. The highest BCUT2D eigenvalue weighted by Crippen LogP contribution is 2.28. The summed E-state index contributed by atoms with van der Waals surface area (Å²) in [7, 11) is 2.07. The second-order valence-electron chi connectivity index (χ2n) is 5.31. The monoisotopic (exact) mass is 278 g/mol. The molecule has 0 saturated carbocycles. The molecule has 0 amide bonds. The number of aliphatic carboxylic acids is 1. The van der Waals surface area contributed by atoms with Crippen LogP contribution in [-0.4, -0.2) is 48.8 Å². The van der Waals surface area contributed by atoms with Crippen molar-refractivity contribution in [1.29, 1.82) is 0 Å². The summed E-state index contributed by atoms with van der Waals surface area (Å²) in [5.41, 5.74) is 6.25. The van der Waals surface area contributed by atoms with Crippen LogP contribution in [0.4, 0.5) is 0 Å². The van der Waals surface area contributed by atoms with Crippen LogP contribution in [0.1, 0.15) is 24.3 Å². The van der Waals surface area contributed by atoms with E-state index in [9.17, 15) is 9.90 Å². The molecule has 1 aliphatic heterocycles. The first-order valence-electron chi connectivity index (χ1n) is 6.98. The molecule has 1 heterocycles. The van der Waals surface area contributed by atoms with Crippen molar-refractivity contribution in [1.82, 2.24) is 4.90 Å². The van der Waals surface area contributed by atoms with Gasteiger partial charge in [0.1, 0.15) is 11.9 Å². The van der Waals surface area contributed by atoms with Crippen LogP contribution in [0.15, 0.2) is 24.3 Å². The number of rotatable bonds is 5. The lowest BCUT2D eigenvalue weighted by Crippen LogP contribution is -2.38. The van der Waals surface area contributed by atoms with Gasteiger partial charge in [-0.2, -0.15) is 0 Å². The molecular weight excluding hydrogens is 256 g/mol. The Kier molecular flexibility index (Phi) is 4.98. The van der Waals surface area contributed by atoms with Gasteiger partial charge in [0.05, 0.1) is 5.92 Å². The Balaban J connectivity index is 2.17. The minimum atomic E-state index is -0.913. The summed E-state index contributed by atoms with van der Waals surface area (Å²) in [5, 5.41) is 9.26. The number of piperidine rings is 1. The van der Waals surface area contributed by atoms with E-state index in [1.165, 1.54) is 0 Å². The lowest BCUT2D eigenvalue weighted by Gasteiger charge is -2.31. The van der Waals surface area contributed by atoms with Crippen molar-refractivity contribution < 1.29 is 14.6 Å². The predicted molar refractivity (Wildman–Crippen MR) is 77.0 cm³/mol. The number of nitrogens with zero attached hydrogens (tertiary/aromatic N) is 1. The van der Waals surface area contributed by atoms with Gasteiger partial charge in [-0.15, -0.1) is 0 Å². The minimum Gasteiger partial charge on any atom is -0.489 e. The third-order valence-corrected chi connectivity index (χ3v) is 3.70. The maximum absolute atomic E-state index is 11.3. The normalized spacial score (nSPS) is 21.4. The molecular formula is C15H22N2O3. The zero-order chi connectivity index (χ0) is 14.5. The molecule has 0 spiro atoms. The lowest BCUT2D eigenvalue weighted by atomic mass is 9.98. The van der Waals surface area contributed by atoms with E-state index in [2.05, 4.69) is 11.9 Å². The van der Waals surface area contributed by atoms with Crippen LogP contribution >= 0.6 is 0 Å². The molecule has 2 rings (SSSR count). The quantitative estimate of drug-likeness (QED) is 0.848. The number of likely N-dealkylation sites (N-methyl/N-ethyl adjacent to an activating group) is 1. The molecule has 1 fully saturated rings. The van der Waals surface area contributed by atoms with E-state index < -0.39 is 11.9 Å². The Bertz CT molecular complexity index is 464. The van der Waals surface area contributed by atoms with Gasteiger partial charge in [-0.05, 0) is 32.5 Å². The number of hydrogen-bond donors (Lipinski definition) is 2. The fourth-order valence-electron chi connectivity index (χ4n) is 2.63. The standard InChI is InChI=1S/C15H22N2O3/c1-17-8-4-5-11(10-17)20-14-7-3-2-6-12(14)13(9-16)15(18)19/h2-3,6-7,11,13H,4-5,8-10,16H2,1H3,(H,18,19). The number of carboxylic acids is 1. The van der Waals surface area contributed by atoms with Gasteiger partial charge in [-0.25, -0.2) is 0 Å². The number of hydrogen-bond acceptors (Lipinski definition) is 4. The summed E-state index contributed by atoms with van der Waals surface area (Å²) in [4.78, 5) is 13.5. The molecule has 0 aromatic heterocycles. The first kappa shape index (κ1) is 14.8. The van der Waals surface area contributed by atoms with E-state index >= 15 is 0 Å². The molecule has 1 aliphatic rings. The van der Waals surface area contributed by atoms with Crippen molar-refractivity contribution in [2.24, 2.45) is 5.73 Å². The highest BCUT2D eigenvalue weighted by atomic mass is 16.5. The first-order chi connectivity index (χ1) is 9.61. The molecule has 20 heavy (non-hydrogen) atoms. The van der Waals surface area contributed by atoms with Gasteiger partial charge in [0.25, 0.3) is 0 Å². The minimum absolute atomic E-state index is 0.0697. The highest BCUT2D eigenvalue weighted by molar-refractivity contribution is 5.77. The Morgan fingerprint density at radius 2 is 2.30 bits per heavy atom. The number of para-hydroxylation sites is 1. The molecule has 0 bridgehead atoms. The van der Waals surface area contributed by atoms with Crippen LogP contribution in [0, 0.1) is 0 Å². The topological polar surface area (TPSA) is 75.8 Å². The fourth-order valence-corrected chi connectivity index (χ4v) is 2.63. The van der Waals surface area contributed by atoms with Crippen molar-refractivity contribution in [3.63, 3.8) is 0 Å². The third kappa shape index (κ3) is 3.49. The number of likely N-dealkylation sites (tertiary alicyclic amines) is 1. The Labute approximate surface area is 119 Å². The number of benzene rings is 1. The van der Waals surface area contributed by atoms with E-state index in [0.717, 1.165) is 25.9 Å². The molecule has 0 radical (unpaired) electrons. The number of ether oxygens (including phenoxy) is 1. The maximum atomic E-state index is 11.3. The first-order valence-corrected chi connectivity index (χ1v) is 6.98. The van der Waals surface area contributed by atoms with E-state index in [4.69, 9.17) is 10.5 Å². The van der Waals surface area contributed by atoms with Crippen LogP contribution in [0.25, 0.3) is 0 Å². The van der Waals surface area contributed by atoms with Crippen LogP contribution < -0.4 is 10.5 Å². The maximum Gasteiger partial charge on any atom is 0.312 e. The van der Waals surface area contributed by atoms with Crippen molar-refractivity contribution in [2.75, 3.05) is 26.7 Å². The molecule has 110 valence electrons. The van der Waals surface area contributed by atoms with Crippen molar-refractivity contribution >= 4 is 5.97 Å². The molecule has 5 nitrogen and oxygen atoms in total. The second-order valence-corrected chi connectivity index (χ2v) is 5.31. The van der Waals surface area contributed by atoms with Gasteiger partial charge in [0.2, 0.25) is 0 Å². The zero-order valence-electron chi connectivity index (χ0n) is 11.8. The predicted octanol–water partition coefficient (Wildman–Crippen LogP) is 1.29. The van der Waals surface area contributed by atoms with Gasteiger partial charge in [0.15, 0.2) is 0 Å². The van der Waals surface area contributed by atoms with Gasteiger partial charge in [-0.3, -0.25) is 4.79 Å². The van der Waals surface area contributed by atoms with Crippen LogP contribution in [0.2, 0.25) is 0 Å². The smallest absolute Gasteiger partial charge is 0.312 e. The average Bonchev–Trinajstić information content (AvgIpc) is 2.41. The lowest BCUT2D eigenvalue weighted by molar-refractivity contribution is -0.138. The highest BCUT2D eigenvalue weighted by Gasteiger charge is 2.24. The molecule has 1 saturated heterocycles. The molecule has 1 aromatic rings. The van der Waals surface area contributed by atoms with Crippen molar-refractivity contribution in [3.05, 3.63) is 29.8 Å². The van der Waals surface area contributed by atoms with Crippen molar-refractivity contribution in [2.45, 2.75) is 24.9 Å². The van der Waals surface area contributed by atoms with Crippen molar-refractivity contribution in [3.8, 4) is 5.75 Å². The molecule has 2 atom stereocenters. The second kappa shape index (κ2) is 6.72. The molecule has 0 aliphatic carbocycles. The van der Waals surface area contributed by atoms with Gasteiger partial charge in [-0.1, -0.05) is 18.2 Å². The molecule has 3 N–H and O–H groups in total.